The van der Waals surface area contributed by atoms with Crippen molar-refractivity contribution in [1.82, 2.24) is 0 Å². The largest absolute Gasteiger partial charge is 0.465 e. The predicted octanol–water partition coefficient (Wildman–Crippen LogP) is 2.25. The van der Waals surface area contributed by atoms with Crippen LogP contribution in [0.3, 0.4) is 0 Å². The molecule has 0 N–H and O–H groups in total. The number of nitriles is 1. The number of carbonyl (C=O) groups is 1. The number of hydrogen-bond acceptors (Lipinski definition) is 3. The third-order valence-corrected chi connectivity index (χ3v) is 3.00. The minimum Gasteiger partial charge on any atom is -0.465 e. The van der Waals surface area contributed by atoms with E-state index in [0.717, 1.165) is 5.56 Å². The van der Waals surface area contributed by atoms with Crippen LogP contribution in [0, 0.1) is 16.7 Å². The summed E-state index contributed by atoms with van der Waals surface area (Å²) in [6, 6.07) is 11.8. The lowest BCUT2D eigenvalue weighted by atomic mass is 10.0. The Morgan fingerprint density at radius 1 is 1.56 bits per heavy atom. The molecule has 3 heteroatoms. The Kier molecular flexibility index (Phi) is 2.66. The average molecular weight is 215 g/mol. The van der Waals surface area contributed by atoms with Gasteiger partial charge in [-0.05, 0) is 18.9 Å². The third-order valence-electron chi connectivity index (χ3n) is 3.00. The zero-order chi connectivity index (χ0) is 11.6. The van der Waals surface area contributed by atoms with Gasteiger partial charge < -0.3 is 4.74 Å². The van der Waals surface area contributed by atoms with Gasteiger partial charge in [-0.3, -0.25) is 4.79 Å². The van der Waals surface area contributed by atoms with Crippen molar-refractivity contribution in [1.29, 1.82) is 5.26 Å². The molecule has 3 nitrogen and oxygen atoms in total. The highest BCUT2D eigenvalue weighted by Gasteiger charge is 2.62. The van der Waals surface area contributed by atoms with E-state index < -0.39 is 5.41 Å². The molecule has 0 spiro atoms. The topological polar surface area (TPSA) is 50.1 Å². The van der Waals surface area contributed by atoms with E-state index in [2.05, 4.69) is 6.07 Å². The molecule has 0 aromatic heterocycles. The van der Waals surface area contributed by atoms with Crippen LogP contribution in [0.25, 0.3) is 0 Å². The van der Waals surface area contributed by atoms with Crippen molar-refractivity contribution >= 4 is 5.97 Å². The fourth-order valence-electron chi connectivity index (χ4n) is 2.01. The summed E-state index contributed by atoms with van der Waals surface area (Å²) < 4.78 is 4.95. The average Bonchev–Trinajstić information content (AvgIpc) is 3.06. The normalized spacial score (nSPS) is 26.9. The van der Waals surface area contributed by atoms with E-state index in [9.17, 15) is 4.79 Å². The van der Waals surface area contributed by atoms with Crippen LogP contribution in [0.1, 0.15) is 24.8 Å². The monoisotopic (exact) mass is 215 g/mol. The molecule has 2 rings (SSSR count). The molecule has 0 radical (unpaired) electrons. The van der Waals surface area contributed by atoms with Crippen molar-refractivity contribution in [3.63, 3.8) is 0 Å². The van der Waals surface area contributed by atoms with Crippen molar-refractivity contribution in [2.24, 2.45) is 5.41 Å². The Balaban J connectivity index is 2.19. The molecule has 1 fully saturated rings. The molecule has 1 aliphatic rings. The maximum atomic E-state index is 11.7. The van der Waals surface area contributed by atoms with Crippen LogP contribution in [0.15, 0.2) is 30.3 Å². The van der Waals surface area contributed by atoms with E-state index in [1.54, 1.807) is 6.92 Å². The van der Waals surface area contributed by atoms with Crippen LogP contribution < -0.4 is 0 Å². The summed E-state index contributed by atoms with van der Waals surface area (Å²) in [4.78, 5) is 11.7. The maximum Gasteiger partial charge on any atom is 0.327 e. The summed E-state index contributed by atoms with van der Waals surface area (Å²) in [5, 5.41) is 9.13. The van der Waals surface area contributed by atoms with E-state index in [-0.39, 0.29) is 11.9 Å². The molecule has 1 aromatic carbocycles. The van der Waals surface area contributed by atoms with Gasteiger partial charge in [-0.15, -0.1) is 0 Å². The molecular formula is C13H13NO2. The number of rotatable bonds is 3. The predicted molar refractivity (Wildman–Crippen MR) is 58.5 cm³/mol. The molecule has 16 heavy (non-hydrogen) atoms. The lowest BCUT2D eigenvalue weighted by Gasteiger charge is -2.07. The molecule has 1 aliphatic carbocycles. The quantitative estimate of drug-likeness (QED) is 0.726. The van der Waals surface area contributed by atoms with E-state index in [0.29, 0.717) is 13.0 Å². The number of esters is 1. The van der Waals surface area contributed by atoms with Gasteiger partial charge in [0.05, 0.1) is 12.7 Å². The van der Waals surface area contributed by atoms with Crippen molar-refractivity contribution in [2.75, 3.05) is 6.61 Å². The maximum absolute atomic E-state index is 11.7. The first kappa shape index (κ1) is 10.7. The van der Waals surface area contributed by atoms with Crippen LogP contribution in [-0.2, 0) is 9.53 Å². The molecule has 0 aliphatic heterocycles. The molecule has 0 saturated heterocycles. The summed E-state index contributed by atoms with van der Waals surface area (Å²) in [5.41, 5.74) is 0.106. The number of benzene rings is 1. The van der Waals surface area contributed by atoms with Crippen molar-refractivity contribution in [2.45, 2.75) is 19.3 Å². The van der Waals surface area contributed by atoms with Gasteiger partial charge in [0.15, 0.2) is 5.41 Å². The second-order valence-corrected chi connectivity index (χ2v) is 3.97. The highest BCUT2D eigenvalue weighted by atomic mass is 16.5. The zero-order valence-corrected chi connectivity index (χ0v) is 9.14. The van der Waals surface area contributed by atoms with Crippen LogP contribution in [-0.4, -0.2) is 12.6 Å². The molecular weight excluding hydrogens is 202 g/mol. The first-order valence-electron chi connectivity index (χ1n) is 5.38. The number of hydrogen-bond donors (Lipinski definition) is 0. The van der Waals surface area contributed by atoms with Gasteiger partial charge in [0.25, 0.3) is 0 Å². The molecule has 1 saturated carbocycles. The first-order chi connectivity index (χ1) is 7.74. The minimum atomic E-state index is -0.933. The molecule has 0 bridgehead atoms. The van der Waals surface area contributed by atoms with Gasteiger partial charge in [0, 0.05) is 5.92 Å². The second-order valence-electron chi connectivity index (χ2n) is 3.97. The van der Waals surface area contributed by atoms with Crippen LogP contribution >= 0.6 is 0 Å². The number of carbonyl (C=O) groups excluding carboxylic acids is 1. The van der Waals surface area contributed by atoms with Gasteiger partial charge in [-0.1, -0.05) is 30.3 Å². The Morgan fingerprint density at radius 3 is 2.81 bits per heavy atom. The fourth-order valence-corrected chi connectivity index (χ4v) is 2.01. The Labute approximate surface area is 94.6 Å². The van der Waals surface area contributed by atoms with Crippen LogP contribution in [0.4, 0.5) is 0 Å². The molecule has 0 amide bonds. The van der Waals surface area contributed by atoms with Gasteiger partial charge in [-0.25, -0.2) is 0 Å². The highest BCUT2D eigenvalue weighted by molar-refractivity contribution is 5.85. The Bertz CT molecular complexity index is 435. The summed E-state index contributed by atoms with van der Waals surface area (Å²) in [6.45, 7) is 2.08. The van der Waals surface area contributed by atoms with Gasteiger partial charge in [0.2, 0.25) is 0 Å². The number of nitrogens with zero attached hydrogens (tertiary/aromatic N) is 1. The SMILES string of the molecule is CCOC(=O)[C@@]1(C#N)C[C@@H]1c1ccccc1. The first-order valence-corrected chi connectivity index (χ1v) is 5.38. The summed E-state index contributed by atoms with van der Waals surface area (Å²) in [5.74, 6) is -0.385. The summed E-state index contributed by atoms with van der Waals surface area (Å²) >= 11 is 0. The van der Waals surface area contributed by atoms with Crippen molar-refractivity contribution in [3.05, 3.63) is 35.9 Å². The molecule has 2 atom stereocenters. The standard InChI is InChI=1S/C13H13NO2/c1-2-16-12(15)13(9-14)8-11(13)10-6-4-3-5-7-10/h3-7,11H,2,8H2,1H3/t11-,13-/m1/s1. The lowest BCUT2D eigenvalue weighted by molar-refractivity contribution is -0.147. The minimum absolute atomic E-state index is 0.00208. The Hall–Kier alpha value is -1.82. The third kappa shape index (κ3) is 1.57. The zero-order valence-electron chi connectivity index (χ0n) is 9.14. The molecule has 1 aromatic rings. The second kappa shape index (κ2) is 3.97. The van der Waals surface area contributed by atoms with Gasteiger partial charge >= 0.3 is 5.97 Å². The summed E-state index contributed by atoms with van der Waals surface area (Å²) in [7, 11) is 0. The smallest absolute Gasteiger partial charge is 0.327 e. The van der Waals surface area contributed by atoms with E-state index in [4.69, 9.17) is 10.00 Å². The fraction of sp³-hybridized carbons (Fsp3) is 0.385. The molecule has 82 valence electrons. The van der Waals surface area contributed by atoms with Crippen LogP contribution in [0.2, 0.25) is 0 Å². The lowest BCUT2D eigenvalue weighted by Crippen LogP contribution is -2.19. The van der Waals surface area contributed by atoms with E-state index >= 15 is 0 Å². The van der Waals surface area contributed by atoms with Gasteiger partial charge in [-0.2, -0.15) is 5.26 Å². The van der Waals surface area contributed by atoms with Gasteiger partial charge in [0.1, 0.15) is 0 Å². The van der Waals surface area contributed by atoms with Crippen molar-refractivity contribution < 1.29 is 9.53 Å². The number of ether oxygens (including phenoxy) is 1. The molecule has 0 unspecified atom stereocenters. The highest BCUT2D eigenvalue weighted by Crippen LogP contribution is 2.59. The summed E-state index contributed by atoms with van der Waals surface area (Å²) in [6.07, 6.45) is 0.576. The van der Waals surface area contributed by atoms with Crippen molar-refractivity contribution in [3.8, 4) is 6.07 Å². The molecule has 0 heterocycles. The van der Waals surface area contributed by atoms with Crippen LogP contribution in [0.5, 0.6) is 0 Å². The van der Waals surface area contributed by atoms with E-state index in [1.165, 1.54) is 0 Å². The van der Waals surface area contributed by atoms with E-state index in [1.807, 2.05) is 30.3 Å². The Morgan fingerprint density at radius 2 is 2.25 bits per heavy atom.